The Kier molecular flexibility index (Phi) is 3.57. The van der Waals surface area contributed by atoms with Gasteiger partial charge in [0, 0.05) is 13.1 Å². The number of rotatable bonds is 2. The molecule has 6 nitrogen and oxygen atoms in total. The van der Waals surface area contributed by atoms with Crippen molar-refractivity contribution in [3.05, 3.63) is 23.3 Å². The standard InChI is InChI=1S/C12H18N2O4S/c1-7-3-4-9(13)12(8(7)2)19(17,18)14-5-10(15)11(16)6-14/h3-4,10-11,15-16H,5-6,13H2,1-2H3/t10-,11+. The summed E-state index contributed by atoms with van der Waals surface area (Å²) in [5.41, 5.74) is 7.38. The third kappa shape index (κ3) is 2.34. The second kappa shape index (κ2) is 4.75. The fourth-order valence-electron chi connectivity index (χ4n) is 2.21. The first-order valence-electron chi connectivity index (χ1n) is 5.97. The van der Waals surface area contributed by atoms with Gasteiger partial charge in [0.2, 0.25) is 10.0 Å². The van der Waals surface area contributed by atoms with Crippen molar-refractivity contribution in [3.8, 4) is 0 Å². The molecule has 0 saturated carbocycles. The van der Waals surface area contributed by atoms with Crippen LogP contribution in [-0.2, 0) is 10.0 Å². The number of β-amino-alcohol motifs (C(OH)–C–C–N with tert-alkyl or cyclic N) is 2. The maximum Gasteiger partial charge on any atom is 0.245 e. The Labute approximate surface area is 112 Å². The molecule has 1 heterocycles. The topological polar surface area (TPSA) is 104 Å². The molecule has 0 amide bonds. The monoisotopic (exact) mass is 286 g/mol. The van der Waals surface area contributed by atoms with Crippen molar-refractivity contribution in [1.29, 1.82) is 0 Å². The summed E-state index contributed by atoms with van der Waals surface area (Å²) in [6.45, 7) is 3.27. The van der Waals surface area contributed by atoms with E-state index in [4.69, 9.17) is 5.73 Å². The Hall–Kier alpha value is -1.15. The molecule has 2 atom stereocenters. The molecule has 0 bridgehead atoms. The lowest BCUT2D eigenvalue weighted by molar-refractivity contribution is 0.0572. The number of aryl methyl sites for hydroxylation is 1. The first kappa shape index (κ1) is 14.3. The Morgan fingerprint density at radius 2 is 1.74 bits per heavy atom. The second-order valence-corrected chi connectivity index (χ2v) is 6.76. The zero-order chi connectivity index (χ0) is 14.4. The largest absolute Gasteiger partial charge is 0.398 e. The van der Waals surface area contributed by atoms with Crippen molar-refractivity contribution in [3.63, 3.8) is 0 Å². The SMILES string of the molecule is Cc1ccc(N)c(S(=O)(=O)N2C[C@@H](O)[C@@H](O)C2)c1C. The zero-order valence-corrected chi connectivity index (χ0v) is 11.7. The van der Waals surface area contributed by atoms with Gasteiger partial charge in [-0.3, -0.25) is 0 Å². The first-order valence-corrected chi connectivity index (χ1v) is 7.41. The van der Waals surface area contributed by atoms with Crippen LogP contribution in [0.4, 0.5) is 5.69 Å². The van der Waals surface area contributed by atoms with Crippen LogP contribution in [0.15, 0.2) is 17.0 Å². The van der Waals surface area contributed by atoms with E-state index in [0.29, 0.717) is 5.56 Å². The fourth-order valence-corrected chi connectivity index (χ4v) is 4.08. The van der Waals surface area contributed by atoms with Gasteiger partial charge in [-0.1, -0.05) is 6.07 Å². The van der Waals surface area contributed by atoms with Gasteiger partial charge in [-0.25, -0.2) is 8.42 Å². The third-order valence-electron chi connectivity index (χ3n) is 3.53. The molecule has 0 spiro atoms. The van der Waals surface area contributed by atoms with Crippen molar-refractivity contribution in [2.24, 2.45) is 0 Å². The van der Waals surface area contributed by atoms with Crippen LogP contribution in [0.3, 0.4) is 0 Å². The van der Waals surface area contributed by atoms with Crippen LogP contribution < -0.4 is 5.73 Å². The normalized spacial score (nSPS) is 24.8. The second-order valence-electron chi connectivity index (χ2n) is 4.88. The van der Waals surface area contributed by atoms with Crippen LogP contribution in [0.5, 0.6) is 0 Å². The van der Waals surface area contributed by atoms with Gasteiger partial charge in [0.1, 0.15) is 4.90 Å². The average molecular weight is 286 g/mol. The molecule has 0 radical (unpaired) electrons. The summed E-state index contributed by atoms with van der Waals surface area (Å²) in [5, 5.41) is 19.0. The van der Waals surface area contributed by atoms with E-state index >= 15 is 0 Å². The Bertz CT molecular complexity index is 590. The minimum atomic E-state index is -3.80. The van der Waals surface area contributed by atoms with E-state index in [1.165, 1.54) is 0 Å². The van der Waals surface area contributed by atoms with E-state index in [2.05, 4.69) is 0 Å². The first-order chi connectivity index (χ1) is 8.75. The molecular formula is C12H18N2O4S. The summed E-state index contributed by atoms with van der Waals surface area (Å²) in [7, 11) is -3.80. The molecule has 19 heavy (non-hydrogen) atoms. The van der Waals surface area contributed by atoms with Crippen molar-refractivity contribution < 1.29 is 18.6 Å². The smallest absolute Gasteiger partial charge is 0.245 e. The van der Waals surface area contributed by atoms with Crippen LogP contribution in [0.2, 0.25) is 0 Å². The molecule has 0 aliphatic carbocycles. The van der Waals surface area contributed by atoms with E-state index in [-0.39, 0.29) is 23.7 Å². The molecule has 1 aromatic rings. The Morgan fingerprint density at radius 1 is 1.21 bits per heavy atom. The quantitative estimate of drug-likeness (QED) is 0.642. The van der Waals surface area contributed by atoms with Gasteiger partial charge in [-0.05, 0) is 31.0 Å². The maximum absolute atomic E-state index is 12.5. The fraction of sp³-hybridized carbons (Fsp3) is 0.500. The number of aliphatic hydroxyl groups excluding tert-OH is 2. The molecule has 0 unspecified atom stereocenters. The molecule has 1 aromatic carbocycles. The van der Waals surface area contributed by atoms with Gasteiger partial charge in [0.05, 0.1) is 17.9 Å². The molecule has 0 aromatic heterocycles. The lowest BCUT2D eigenvalue weighted by Gasteiger charge is -2.19. The molecule has 2 rings (SSSR count). The number of sulfonamides is 1. The highest BCUT2D eigenvalue weighted by Crippen LogP contribution is 2.30. The number of nitrogens with zero attached hydrogens (tertiary/aromatic N) is 1. The summed E-state index contributed by atoms with van der Waals surface area (Å²) in [4.78, 5) is 0.0637. The van der Waals surface area contributed by atoms with Crippen LogP contribution in [0.25, 0.3) is 0 Å². The van der Waals surface area contributed by atoms with Gasteiger partial charge < -0.3 is 15.9 Å². The van der Waals surface area contributed by atoms with Crippen LogP contribution >= 0.6 is 0 Å². The van der Waals surface area contributed by atoms with Gasteiger partial charge in [-0.2, -0.15) is 4.31 Å². The van der Waals surface area contributed by atoms with E-state index in [1.807, 2.05) is 6.92 Å². The van der Waals surface area contributed by atoms with Gasteiger partial charge in [0.15, 0.2) is 0 Å². The number of aliphatic hydroxyl groups is 2. The predicted octanol–water partition coefficient (Wildman–Crippen LogP) is -0.388. The van der Waals surface area contributed by atoms with Gasteiger partial charge >= 0.3 is 0 Å². The van der Waals surface area contributed by atoms with E-state index in [0.717, 1.165) is 9.87 Å². The summed E-state index contributed by atoms with van der Waals surface area (Å²) in [5.74, 6) is 0. The van der Waals surface area contributed by atoms with E-state index < -0.39 is 22.2 Å². The van der Waals surface area contributed by atoms with E-state index in [1.54, 1.807) is 19.1 Å². The zero-order valence-electron chi connectivity index (χ0n) is 10.9. The highest BCUT2D eigenvalue weighted by Gasteiger charge is 2.39. The number of nitrogen functional groups attached to an aromatic ring is 1. The lowest BCUT2D eigenvalue weighted by Crippen LogP contribution is -2.31. The van der Waals surface area contributed by atoms with Crippen LogP contribution in [0, 0.1) is 13.8 Å². The predicted molar refractivity (Wildman–Crippen MR) is 71.1 cm³/mol. The maximum atomic E-state index is 12.5. The molecule has 1 aliphatic rings. The summed E-state index contributed by atoms with van der Waals surface area (Å²) in [6.07, 6.45) is -2.11. The van der Waals surface area contributed by atoms with Crippen molar-refractivity contribution >= 4 is 15.7 Å². The molecule has 106 valence electrons. The summed E-state index contributed by atoms with van der Waals surface area (Å²) < 4.78 is 26.2. The Morgan fingerprint density at radius 3 is 2.26 bits per heavy atom. The van der Waals surface area contributed by atoms with Crippen molar-refractivity contribution in [2.45, 2.75) is 31.0 Å². The van der Waals surface area contributed by atoms with Gasteiger partial charge in [0.25, 0.3) is 0 Å². The molecule has 4 N–H and O–H groups in total. The van der Waals surface area contributed by atoms with Crippen molar-refractivity contribution in [1.82, 2.24) is 4.31 Å². The van der Waals surface area contributed by atoms with Crippen molar-refractivity contribution in [2.75, 3.05) is 18.8 Å². The average Bonchev–Trinajstić information content (AvgIpc) is 2.65. The Balaban J connectivity index is 2.50. The third-order valence-corrected chi connectivity index (χ3v) is 5.57. The van der Waals surface area contributed by atoms with Gasteiger partial charge in [-0.15, -0.1) is 0 Å². The number of nitrogens with two attached hydrogens (primary N) is 1. The number of benzene rings is 1. The number of hydrogen-bond donors (Lipinski definition) is 3. The highest BCUT2D eigenvalue weighted by molar-refractivity contribution is 7.89. The minimum Gasteiger partial charge on any atom is -0.398 e. The molecule has 1 fully saturated rings. The summed E-state index contributed by atoms with van der Waals surface area (Å²) >= 11 is 0. The summed E-state index contributed by atoms with van der Waals surface area (Å²) in [6, 6.07) is 3.31. The molecular weight excluding hydrogens is 268 g/mol. The highest BCUT2D eigenvalue weighted by atomic mass is 32.2. The number of anilines is 1. The van der Waals surface area contributed by atoms with Crippen LogP contribution in [-0.4, -0.2) is 48.2 Å². The molecule has 1 saturated heterocycles. The number of hydrogen-bond acceptors (Lipinski definition) is 5. The molecule has 7 heteroatoms. The van der Waals surface area contributed by atoms with E-state index in [9.17, 15) is 18.6 Å². The minimum absolute atomic E-state index is 0.0637. The molecule has 1 aliphatic heterocycles. The lowest BCUT2D eigenvalue weighted by atomic mass is 10.1. The van der Waals surface area contributed by atoms with Crippen LogP contribution in [0.1, 0.15) is 11.1 Å².